The Morgan fingerprint density at radius 1 is 1.05 bits per heavy atom. The summed E-state index contributed by atoms with van der Waals surface area (Å²) in [7, 11) is 0. The summed E-state index contributed by atoms with van der Waals surface area (Å²) in [4.78, 5) is 3.53. The smallest absolute Gasteiger partial charge is 0.0470 e. The lowest BCUT2D eigenvalue weighted by Crippen LogP contribution is -2.10. The lowest BCUT2D eigenvalue weighted by atomic mass is 9.86. The molecule has 0 spiro atoms. The maximum Gasteiger partial charge on any atom is 0.0470 e. The third kappa shape index (κ3) is 3.04. The van der Waals surface area contributed by atoms with Crippen LogP contribution < -0.4 is 0 Å². The monoisotopic (exact) mass is 453 g/mol. The average molecular weight is 454 g/mol. The number of aromatic nitrogens is 1. The van der Waals surface area contributed by atoms with Crippen LogP contribution in [0, 0.1) is 3.57 Å². The van der Waals surface area contributed by atoms with Crippen molar-refractivity contribution in [2.24, 2.45) is 0 Å². The number of aromatic amines is 1. The summed E-state index contributed by atoms with van der Waals surface area (Å²) in [6, 6.07) is 15.4. The van der Waals surface area contributed by atoms with Crippen molar-refractivity contribution in [2.75, 3.05) is 0 Å². The van der Waals surface area contributed by atoms with Crippen molar-refractivity contribution in [3.05, 3.63) is 56.1 Å². The maximum absolute atomic E-state index is 3.59. The quantitative estimate of drug-likeness (QED) is 0.405. The van der Waals surface area contributed by atoms with E-state index in [0.29, 0.717) is 0 Å². The Balaban J connectivity index is 2.12. The minimum atomic E-state index is 0.167. The number of hydrogen-bond acceptors (Lipinski definition) is 0. The Morgan fingerprint density at radius 3 is 2.52 bits per heavy atom. The van der Waals surface area contributed by atoms with Crippen molar-refractivity contribution in [2.45, 2.75) is 26.2 Å². The fourth-order valence-corrected chi connectivity index (χ4v) is 3.27. The molecule has 0 saturated carbocycles. The van der Waals surface area contributed by atoms with Gasteiger partial charge in [-0.2, -0.15) is 0 Å². The largest absolute Gasteiger partial charge is 0.354 e. The number of nitrogens with one attached hydrogen (secondary N) is 1. The minimum absolute atomic E-state index is 0.167. The van der Waals surface area contributed by atoms with Gasteiger partial charge in [-0.15, -0.1) is 0 Å². The molecule has 1 aromatic heterocycles. The van der Waals surface area contributed by atoms with Crippen LogP contribution in [0.5, 0.6) is 0 Å². The minimum Gasteiger partial charge on any atom is -0.354 e. The van der Waals surface area contributed by atoms with Crippen molar-refractivity contribution >= 4 is 49.4 Å². The van der Waals surface area contributed by atoms with Crippen molar-refractivity contribution < 1.29 is 0 Å². The van der Waals surface area contributed by atoms with Crippen molar-refractivity contribution in [1.29, 1.82) is 0 Å². The number of fused-ring (bicyclic) bond motifs is 1. The van der Waals surface area contributed by atoms with E-state index in [9.17, 15) is 0 Å². The molecule has 0 fully saturated rings. The molecule has 1 heterocycles. The zero-order chi connectivity index (χ0) is 15.2. The van der Waals surface area contributed by atoms with E-state index in [0.717, 1.165) is 4.47 Å². The van der Waals surface area contributed by atoms with Crippen LogP contribution in [0.4, 0.5) is 0 Å². The van der Waals surface area contributed by atoms with Gasteiger partial charge in [0.2, 0.25) is 0 Å². The molecule has 0 atom stereocenters. The first-order chi connectivity index (χ1) is 9.84. The van der Waals surface area contributed by atoms with E-state index in [1.807, 2.05) is 0 Å². The highest BCUT2D eigenvalue weighted by molar-refractivity contribution is 14.1. The van der Waals surface area contributed by atoms with Crippen LogP contribution in [0.15, 0.2) is 46.9 Å². The van der Waals surface area contributed by atoms with Crippen LogP contribution in [0.25, 0.3) is 22.2 Å². The zero-order valence-corrected chi connectivity index (χ0v) is 16.0. The van der Waals surface area contributed by atoms with Crippen molar-refractivity contribution in [3.8, 4) is 11.3 Å². The first-order valence-corrected chi connectivity index (χ1v) is 8.80. The number of benzene rings is 2. The van der Waals surface area contributed by atoms with Gasteiger partial charge < -0.3 is 4.98 Å². The van der Waals surface area contributed by atoms with Crippen LogP contribution in [0.2, 0.25) is 0 Å². The van der Waals surface area contributed by atoms with E-state index >= 15 is 0 Å². The molecule has 0 radical (unpaired) electrons. The van der Waals surface area contributed by atoms with Crippen molar-refractivity contribution in [3.63, 3.8) is 0 Å². The molecule has 3 rings (SSSR count). The normalized spacial score (nSPS) is 12.0. The molecule has 0 unspecified atom stereocenters. The van der Waals surface area contributed by atoms with Gasteiger partial charge in [0.25, 0.3) is 0 Å². The van der Waals surface area contributed by atoms with Gasteiger partial charge >= 0.3 is 0 Å². The molecule has 108 valence electrons. The molecular formula is C18H17BrIN. The van der Waals surface area contributed by atoms with Gasteiger partial charge in [-0.1, -0.05) is 39.0 Å². The van der Waals surface area contributed by atoms with E-state index < -0.39 is 0 Å². The molecule has 3 aromatic rings. The molecule has 2 aromatic carbocycles. The van der Waals surface area contributed by atoms with Crippen LogP contribution >= 0.6 is 38.5 Å². The van der Waals surface area contributed by atoms with E-state index in [1.54, 1.807) is 0 Å². The molecule has 0 aliphatic carbocycles. The molecule has 1 nitrogen and oxygen atoms in total. The predicted molar refractivity (Wildman–Crippen MR) is 103 cm³/mol. The number of rotatable bonds is 1. The Morgan fingerprint density at radius 2 is 1.81 bits per heavy atom. The van der Waals surface area contributed by atoms with Gasteiger partial charge in [0.15, 0.2) is 0 Å². The molecule has 0 bridgehead atoms. The third-order valence-electron chi connectivity index (χ3n) is 3.70. The molecule has 0 amide bonds. The highest BCUT2D eigenvalue weighted by atomic mass is 127. The number of halogens is 2. The number of hydrogen-bond donors (Lipinski definition) is 1. The molecule has 0 aliphatic rings. The van der Waals surface area contributed by atoms with E-state index in [2.05, 4.69) is 107 Å². The molecule has 3 heteroatoms. The lowest BCUT2D eigenvalue weighted by molar-refractivity contribution is 0.590. The first kappa shape index (κ1) is 15.1. The Labute approximate surface area is 147 Å². The summed E-state index contributed by atoms with van der Waals surface area (Å²) in [6.07, 6.45) is 0. The third-order valence-corrected chi connectivity index (χ3v) is 5.99. The zero-order valence-electron chi connectivity index (χ0n) is 12.3. The van der Waals surface area contributed by atoms with Crippen LogP contribution in [0.1, 0.15) is 26.3 Å². The summed E-state index contributed by atoms with van der Waals surface area (Å²) in [5, 5.41) is 1.25. The fourth-order valence-electron chi connectivity index (χ4n) is 2.44. The Hall–Kier alpha value is -0.810. The maximum atomic E-state index is 3.59. The van der Waals surface area contributed by atoms with Gasteiger partial charge in [0.1, 0.15) is 0 Å². The van der Waals surface area contributed by atoms with Crippen molar-refractivity contribution in [1.82, 2.24) is 4.98 Å². The van der Waals surface area contributed by atoms with Gasteiger partial charge in [0, 0.05) is 24.6 Å². The van der Waals surface area contributed by atoms with Gasteiger partial charge in [-0.05, 0) is 79.3 Å². The van der Waals surface area contributed by atoms with E-state index in [4.69, 9.17) is 0 Å². The second-order valence-corrected chi connectivity index (χ2v) is 8.38. The second kappa shape index (κ2) is 5.43. The number of H-pyrrole nitrogens is 1. The van der Waals surface area contributed by atoms with E-state index in [-0.39, 0.29) is 5.41 Å². The summed E-state index contributed by atoms with van der Waals surface area (Å²) < 4.78 is 2.36. The molecule has 0 aliphatic heterocycles. The summed E-state index contributed by atoms with van der Waals surface area (Å²) in [6.45, 7) is 6.74. The summed E-state index contributed by atoms with van der Waals surface area (Å²) in [5.41, 5.74) is 5.10. The van der Waals surface area contributed by atoms with Crippen LogP contribution in [0.3, 0.4) is 0 Å². The highest BCUT2D eigenvalue weighted by Gasteiger charge is 2.14. The Bertz CT molecular complexity index is 773. The highest BCUT2D eigenvalue weighted by Crippen LogP contribution is 2.31. The molecule has 1 N–H and O–H groups in total. The standard InChI is InChI=1S/C18H17BrIN/c1-18(2,3)13-6-4-5-11(7-13)16-9-12-8-15(20)14(19)10-17(12)21-16/h4-10,21H,1-3H3. The first-order valence-electron chi connectivity index (χ1n) is 6.93. The lowest BCUT2D eigenvalue weighted by Gasteiger charge is -2.19. The fraction of sp³-hybridized carbons (Fsp3) is 0.222. The predicted octanol–water partition coefficient (Wildman–Crippen LogP) is 6.50. The van der Waals surface area contributed by atoms with Crippen LogP contribution in [-0.2, 0) is 5.41 Å². The van der Waals surface area contributed by atoms with Gasteiger partial charge in [0.05, 0.1) is 0 Å². The van der Waals surface area contributed by atoms with Crippen LogP contribution in [-0.4, -0.2) is 4.98 Å². The van der Waals surface area contributed by atoms with E-state index in [1.165, 1.54) is 31.3 Å². The summed E-state index contributed by atoms with van der Waals surface area (Å²) in [5.74, 6) is 0. The van der Waals surface area contributed by atoms with Gasteiger partial charge in [-0.25, -0.2) is 0 Å². The Kier molecular flexibility index (Phi) is 3.91. The SMILES string of the molecule is CC(C)(C)c1cccc(-c2cc3cc(I)c(Br)cc3[nH]2)c1. The topological polar surface area (TPSA) is 15.8 Å². The molecule has 21 heavy (non-hydrogen) atoms. The average Bonchev–Trinajstić information content (AvgIpc) is 2.81. The second-order valence-electron chi connectivity index (χ2n) is 6.37. The molecule has 0 saturated heterocycles. The molecular weight excluding hydrogens is 437 g/mol. The van der Waals surface area contributed by atoms with Gasteiger partial charge in [-0.3, -0.25) is 0 Å². The summed E-state index contributed by atoms with van der Waals surface area (Å²) >= 11 is 5.94.